The van der Waals surface area contributed by atoms with Crippen molar-refractivity contribution in [3.63, 3.8) is 0 Å². The molecule has 0 radical (unpaired) electrons. The molecular weight excluding hydrogens is 244 g/mol. The lowest BCUT2D eigenvalue weighted by Crippen LogP contribution is -2.57. The van der Waals surface area contributed by atoms with Gasteiger partial charge >= 0.3 is 12.0 Å². The van der Waals surface area contributed by atoms with Gasteiger partial charge in [-0.1, -0.05) is 13.3 Å². The SMILES string of the molecule is CCCCN(C(=O)N(CC)C(C)(C)C(=O)O)C1CC1. The summed E-state index contributed by atoms with van der Waals surface area (Å²) in [5.41, 5.74) is -1.16. The van der Waals surface area contributed by atoms with Crippen molar-refractivity contribution in [3.05, 3.63) is 0 Å². The van der Waals surface area contributed by atoms with Crippen molar-refractivity contribution >= 4 is 12.0 Å². The maximum atomic E-state index is 12.6. The van der Waals surface area contributed by atoms with Crippen molar-refractivity contribution in [2.24, 2.45) is 0 Å². The number of unbranched alkanes of at least 4 members (excludes halogenated alkanes) is 1. The normalized spacial score (nSPS) is 15.2. The van der Waals surface area contributed by atoms with Gasteiger partial charge < -0.3 is 14.9 Å². The molecule has 0 aromatic heterocycles. The summed E-state index contributed by atoms with van der Waals surface area (Å²) < 4.78 is 0. The highest BCUT2D eigenvalue weighted by molar-refractivity contribution is 5.85. The summed E-state index contributed by atoms with van der Waals surface area (Å²) in [4.78, 5) is 27.3. The molecule has 5 heteroatoms. The third-order valence-electron chi connectivity index (χ3n) is 3.73. The molecule has 0 unspecified atom stereocenters. The number of carbonyl (C=O) groups excluding carboxylic acids is 1. The Morgan fingerprint density at radius 2 is 1.84 bits per heavy atom. The Labute approximate surface area is 115 Å². The second kappa shape index (κ2) is 6.26. The molecule has 0 aromatic rings. The Balaban J connectivity index is 2.83. The molecule has 1 N–H and O–H groups in total. The summed E-state index contributed by atoms with van der Waals surface area (Å²) >= 11 is 0. The van der Waals surface area contributed by atoms with E-state index in [2.05, 4.69) is 6.92 Å². The van der Waals surface area contributed by atoms with Gasteiger partial charge in [-0.05, 0) is 40.0 Å². The van der Waals surface area contributed by atoms with Crippen LogP contribution in [0.5, 0.6) is 0 Å². The number of likely N-dealkylation sites (N-methyl/N-ethyl adjacent to an activating group) is 1. The smallest absolute Gasteiger partial charge is 0.329 e. The minimum Gasteiger partial charge on any atom is -0.480 e. The average molecular weight is 270 g/mol. The van der Waals surface area contributed by atoms with Crippen LogP contribution in [0.4, 0.5) is 4.79 Å². The Morgan fingerprint density at radius 3 is 2.21 bits per heavy atom. The molecule has 2 amide bonds. The molecule has 1 aliphatic carbocycles. The van der Waals surface area contributed by atoms with E-state index in [1.54, 1.807) is 13.8 Å². The van der Waals surface area contributed by atoms with Crippen molar-refractivity contribution in [1.82, 2.24) is 9.80 Å². The van der Waals surface area contributed by atoms with E-state index in [0.29, 0.717) is 12.6 Å². The van der Waals surface area contributed by atoms with Crippen molar-refractivity contribution in [1.29, 1.82) is 0 Å². The van der Waals surface area contributed by atoms with Crippen LogP contribution in [0.25, 0.3) is 0 Å². The van der Waals surface area contributed by atoms with Crippen molar-refractivity contribution in [3.8, 4) is 0 Å². The van der Waals surface area contributed by atoms with Crippen LogP contribution < -0.4 is 0 Å². The van der Waals surface area contributed by atoms with Gasteiger partial charge in [0.05, 0.1) is 0 Å². The first-order chi connectivity index (χ1) is 8.86. The van der Waals surface area contributed by atoms with Crippen LogP contribution in [0.2, 0.25) is 0 Å². The quantitative estimate of drug-likeness (QED) is 0.773. The van der Waals surface area contributed by atoms with E-state index < -0.39 is 11.5 Å². The molecular formula is C14H26N2O3. The molecule has 1 saturated carbocycles. The first-order valence-electron chi connectivity index (χ1n) is 7.17. The van der Waals surface area contributed by atoms with Gasteiger partial charge in [-0.2, -0.15) is 0 Å². The molecule has 19 heavy (non-hydrogen) atoms. The van der Waals surface area contributed by atoms with E-state index in [1.165, 1.54) is 4.90 Å². The van der Waals surface area contributed by atoms with E-state index in [0.717, 1.165) is 32.2 Å². The Kier molecular flexibility index (Phi) is 5.20. The second-order valence-electron chi connectivity index (χ2n) is 5.67. The number of hydrogen-bond donors (Lipinski definition) is 1. The summed E-state index contributed by atoms with van der Waals surface area (Å²) in [6.45, 7) is 8.23. The zero-order valence-corrected chi connectivity index (χ0v) is 12.5. The predicted octanol–water partition coefficient (Wildman–Crippen LogP) is 2.56. The van der Waals surface area contributed by atoms with Gasteiger partial charge in [-0.15, -0.1) is 0 Å². The molecule has 5 nitrogen and oxygen atoms in total. The fourth-order valence-corrected chi connectivity index (χ4v) is 2.19. The minimum atomic E-state index is -1.16. The molecule has 0 spiro atoms. The van der Waals surface area contributed by atoms with Crippen molar-refractivity contribution < 1.29 is 14.7 Å². The Bertz CT molecular complexity index is 338. The third kappa shape index (κ3) is 3.61. The molecule has 1 rings (SSSR count). The summed E-state index contributed by atoms with van der Waals surface area (Å²) in [5.74, 6) is -0.964. The number of hydrogen-bond acceptors (Lipinski definition) is 2. The fourth-order valence-electron chi connectivity index (χ4n) is 2.19. The van der Waals surface area contributed by atoms with Gasteiger partial charge in [0.2, 0.25) is 0 Å². The maximum absolute atomic E-state index is 12.6. The lowest BCUT2D eigenvalue weighted by molar-refractivity contribution is -0.147. The molecule has 0 atom stereocenters. The predicted molar refractivity (Wildman–Crippen MR) is 74.1 cm³/mol. The largest absolute Gasteiger partial charge is 0.480 e. The molecule has 0 bridgehead atoms. The van der Waals surface area contributed by atoms with E-state index >= 15 is 0 Å². The number of rotatable bonds is 7. The topological polar surface area (TPSA) is 60.9 Å². The first-order valence-corrected chi connectivity index (χ1v) is 7.17. The van der Waals surface area contributed by atoms with Gasteiger partial charge in [0.1, 0.15) is 5.54 Å². The van der Waals surface area contributed by atoms with Crippen molar-refractivity contribution in [2.75, 3.05) is 13.1 Å². The van der Waals surface area contributed by atoms with Gasteiger partial charge in [-0.3, -0.25) is 0 Å². The lowest BCUT2D eigenvalue weighted by atomic mass is 10.0. The fraction of sp³-hybridized carbons (Fsp3) is 0.857. The molecule has 0 aromatic carbocycles. The number of urea groups is 1. The molecule has 1 fully saturated rings. The van der Waals surface area contributed by atoms with E-state index in [4.69, 9.17) is 0 Å². The zero-order valence-electron chi connectivity index (χ0n) is 12.5. The second-order valence-corrected chi connectivity index (χ2v) is 5.67. The third-order valence-corrected chi connectivity index (χ3v) is 3.73. The summed E-state index contributed by atoms with van der Waals surface area (Å²) in [6.07, 6.45) is 4.08. The van der Waals surface area contributed by atoms with Crippen LogP contribution in [-0.2, 0) is 4.79 Å². The molecule has 0 aliphatic heterocycles. The van der Waals surface area contributed by atoms with E-state index in [1.807, 2.05) is 11.8 Å². The molecule has 0 heterocycles. The summed E-state index contributed by atoms with van der Waals surface area (Å²) in [5, 5.41) is 9.29. The highest BCUT2D eigenvalue weighted by atomic mass is 16.4. The Morgan fingerprint density at radius 1 is 1.26 bits per heavy atom. The molecule has 1 aliphatic rings. The summed E-state index contributed by atoms with van der Waals surface area (Å²) in [6, 6.07) is 0.184. The highest BCUT2D eigenvalue weighted by Crippen LogP contribution is 2.29. The van der Waals surface area contributed by atoms with Crippen LogP contribution in [-0.4, -0.2) is 51.6 Å². The van der Waals surface area contributed by atoms with Gasteiger partial charge in [0.25, 0.3) is 0 Å². The van der Waals surface area contributed by atoms with Gasteiger partial charge in [0, 0.05) is 19.1 Å². The maximum Gasteiger partial charge on any atom is 0.329 e. The first kappa shape index (κ1) is 15.8. The van der Waals surface area contributed by atoms with Crippen LogP contribution in [0, 0.1) is 0 Å². The standard InChI is InChI=1S/C14H26N2O3/c1-5-7-10-15(11-8-9-11)13(19)16(6-2)14(3,4)12(17)18/h11H,5-10H2,1-4H3,(H,17,18). The number of nitrogens with zero attached hydrogens (tertiary/aromatic N) is 2. The molecule has 110 valence electrons. The number of carboxylic acid groups (broad SMARTS) is 1. The van der Waals surface area contributed by atoms with Crippen LogP contribution >= 0.6 is 0 Å². The highest BCUT2D eigenvalue weighted by Gasteiger charge is 2.42. The van der Waals surface area contributed by atoms with Crippen LogP contribution in [0.3, 0.4) is 0 Å². The lowest BCUT2D eigenvalue weighted by Gasteiger charge is -2.38. The Hall–Kier alpha value is -1.26. The average Bonchev–Trinajstić information content (AvgIpc) is 3.14. The minimum absolute atomic E-state index is 0.133. The van der Waals surface area contributed by atoms with E-state index in [-0.39, 0.29) is 6.03 Å². The number of aliphatic carboxylic acids is 1. The molecule has 0 saturated heterocycles. The van der Waals surface area contributed by atoms with Gasteiger partial charge in [0.15, 0.2) is 0 Å². The van der Waals surface area contributed by atoms with Crippen LogP contribution in [0.15, 0.2) is 0 Å². The number of carboxylic acids is 1. The zero-order chi connectivity index (χ0) is 14.6. The van der Waals surface area contributed by atoms with Crippen LogP contribution in [0.1, 0.15) is 53.4 Å². The summed E-state index contributed by atoms with van der Waals surface area (Å²) in [7, 11) is 0. The van der Waals surface area contributed by atoms with Crippen molar-refractivity contribution in [2.45, 2.75) is 65.0 Å². The van der Waals surface area contributed by atoms with Gasteiger partial charge in [-0.25, -0.2) is 9.59 Å². The number of carbonyl (C=O) groups is 2. The number of amides is 2. The van der Waals surface area contributed by atoms with E-state index in [9.17, 15) is 14.7 Å². The monoisotopic (exact) mass is 270 g/mol.